The number of benzene rings is 2. The van der Waals surface area contributed by atoms with Crippen LogP contribution in [-0.4, -0.2) is 8.32 Å². The molecule has 2 nitrogen and oxygen atoms in total. The van der Waals surface area contributed by atoms with Crippen LogP contribution in [0.1, 0.15) is 26.3 Å². The molecule has 0 atom stereocenters. The van der Waals surface area contributed by atoms with Gasteiger partial charge in [0.1, 0.15) is 11.5 Å². The lowest BCUT2D eigenvalue weighted by Gasteiger charge is -2.37. The maximum absolute atomic E-state index is 6.38. The van der Waals surface area contributed by atoms with Crippen LogP contribution >= 0.6 is 23.2 Å². The van der Waals surface area contributed by atoms with E-state index in [1.165, 1.54) is 0 Å². The molecule has 0 unspecified atom stereocenters. The zero-order valence-corrected chi connectivity index (χ0v) is 17.1. The Balaban J connectivity index is 2.22. The van der Waals surface area contributed by atoms with Crippen LogP contribution in [0.15, 0.2) is 42.5 Å². The van der Waals surface area contributed by atoms with E-state index in [2.05, 4.69) is 40.5 Å². The molecule has 0 aliphatic rings. The van der Waals surface area contributed by atoms with Crippen LogP contribution in [0.2, 0.25) is 28.2 Å². The van der Waals surface area contributed by atoms with Crippen molar-refractivity contribution in [2.24, 2.45) is 0 Å². The summed E-state index contributed by atoms with van der Waals surface area (Å²) >= 11 is 12.3. The molecule has 0 saturated carbocycles. The van der Waals surface area contributed by atoms with Gasteiger partial charge >= 0.3 is 0 Å². The number of ether oxygens (including phenoxy) is 1. The second-order valence-corrected chi connectivity index (χ2v) is 12.7. The number of halogens is 2. The maximum Gasteiger partial charge on any atom is 0.250 e. The molecule has 0 aliphatic heterocycles. The summed E-state index contributed by atoms with van der Waals surface area (Å²) in [6, 6.07) is 12.7. The van der Waals surface area contributed by atoms with Crippen molar-refractivity contribution in [3.63, 3.8) is 0 Å². The van der Waals surface area contributed by atoms with Gasteiger partial charge in [-0.1, -0.05) is 56.1 Å². The summed E-state index contributed by atoms with van der Waals surface area (Å²) in [5.74, 6) is 1.28. The summed E-state index contributed by atoms with van der Waals surface area (Å²) in [7, 11) is -2.02. The van der Waals surface area contributed by atoms with Gasteiger partial charge in [0.25, 0.3) is 8.32 Å². The van der Waals surface area contributed by atoms with Gasteiger partial charge in [-0.15, -0.1) is 0 Å². The average Bonchev–Trinajstić information content (AvgIpc) is 2.48. The molecule has 128 valence electrons. The Morgan fingerprint density at radius 3 is 2.17 bits per heavy atom. The fraction of sp³-hybridized carbons (Fsp3) is 0.316. The van der Waals surface area contributed by atoms with Crippen LogP contribution in [0.5, 0.6) is 11.5 Å². The minimum Gasteiger partial charge on any atom is -0.542 e. The van der Waals surface area contributed by atoms with Gasteiger partial charge < -0.3 is 9.16 Å². The van der Waals surface area contributed by atoms with E-state index in [-0.39, 0.29) is 5.04 Å². The lowest BCUT2D eigenvalue weighted by Crippen LogP contribution is -2.44. The summed E-state index contributed by atoms with van der Waals surface area (Å²) in [5, 5.41) is 1.29. The van der Waals surface area contributed by atoms with Crippen LogP contribution in [-0.2, 0) is 0 Å². The average molecular weight is 381 g/mol. The third-order valence-corrected chi connectivity index (χ3v) is 9.10. The first-order chi connectivity index (χ1) is 11.1. The molecule has 0 bridgehead atoms. The van der Waals surface area contributed by atoms with E-state index < -0.39 is 8.32 Å². The summed E-state index contributed by atoms with van der Waals surface area (Å²) in [5.41, 5.74) is 0.697. The Hall–Kier alpha value is -1.16. The molecule has 0 aliphatic carbocycles. The van der Waals surface area contributed by atoms with Crippen LogP contribution in [0, 0.1) is 6.61 Å². The maximum atomic E-state index is 6.38. The fourth-order valence-electron chi connectivity index (χ4n) is 1.72. The molecular weight excluding hydrogens is 359 g/mol. The highest BCUT2D eigenvalue weighted by atomic mass is 35.5. The summed E-state index contributed by atoms with van der Waals surface area (Å²) in [6.07, 6.45) is 0. The quantitative estimate of drug-likeness (QED) is 0.528. The molecule has 0 N–H and O–H groups in total. The normalized spacial score (nSPS) is 12.1. The summed E-state index contributed by atoms with van der Waals surface area (Å²) in [6.45, 7) is 13.9. The van der Waals surface area contributed by atoms with Crippen molar-refractivity contribution in [1.82, 2.24) is 0 Å². The number of rotatable bonds is 5. The third kappa shape index (κ3) is 4.68. The minimum atomic E-state index is -2.02. The van der Waals surface area contributed by atoms with Gasteiger partial charge in [0.2, 0.25) is 6.61 Å². The van der Waals surface area contributed by atoms with E-state index in [1.807, 2.05) is 18.2 Å². The lowest BCUT2D eigenvalue weighted by molar-refractivity contribution is 0.419. The molecule has 5 heteroatoms. The second-order valence-electron chi connectivity index (χ2n) is 7.14. The van der Waals surface area contributed by atoms with Crippen molar-refractivity contribution in [3.05, 3.63) is 64.7 Å². The third-order valence-electron chi connectivity index (χ3n) is 4.22. The van der Waals surface area contributed by atoms with Crippen molar-refractivity contribution in [2.75, 3.05) is 0 Å². The van der Waals surface area contributed by atoms with Gasteiger partial charge in [0.05, 0.1) is 5.02 Å². The van der Waals surface area contributed by atoms with E-state index in [4.69, 9.17) is 32.4 Å². The molecule has 2 aromatic carbocycles. The largest absolute Gasteiger partial charge is 0.542 e. The van der Waals surface area contributed by atoms with Crippen LogP contribution in [0.25, 0.3) is 0 Å². The van der Waals surface area contributed by atoms with Crippen LogP contribution in [0.4, 0.5) is 0 Å². The fourth-order valence-corrected chi connectivity index (χ4v) is 3.16. The zero-order chi connectivity index (χ0) is 18.0. The van der Waals surface area contributed by atoms with E-state index in [0.717, 1.165) is 0 Å². The number of hydrogen-bond donors (Lipinski definition) is 0. The topological polar surface area (TPSA) is 18.5 Å². The SMILES string of the molecule is CC(C)(C)[Si](C)(C)Oc1c(Cl)cccc1[C]Oc1ccc(Cl)cc1. The Morgan fingerprint density at radius 2 is 1.58 bits per heavy atom. The highest BCUT2D eigenvalue weighted by molar-refractivity contribution is 6.74. The summed E-state index contributed by atoms with van der Waals surface area (Å²) in [4.78, 5) is 0. The minimum absolute atomic E-state index is 0.0699. The van der Waals surface area contributed by atoms with E-state index in [1.54, 1.807) is 24.3 Å². The molecule has 2 aromatic rings. The Labute approximate surface area is 155 Å². The highest BCUT2D eigenvalue weighted by Gasteiger charge is 2.39. The number of hydrogen-bond acceptors (Lipinski definition) is 2. The second kappa shape index (κ2) is 7.38. The first-order valence-electron chi connectivity index (χ1n) is 7.76. The van der Waals surface area contributed by atoms with Gasteiger partial charge in [-0.3, -0.25) is 0 Å². The van der Waals surface area contributed by atoms with E-state index in [9.17, 15) is 0 Å². The molecule has 0 fully saturated rings. The van der Waals surface area contributed by atoms with Crippen molar-refractivity contribution >= 4 is 31.5 Å². The standard InChI is InChI=1S/C19H22Cl2O2Si/c1-19(2,3)24(4,5)23-18-14(7-6-8-17(18)21)13-22-16-11-9-15(20)10-12-16/h6-12H,1-5H3. The number of para-hydroxylation sites is 1. The van der Waals surface area contributed by atoms with Crippen molar-refractivity contribution in [2.45, 2.75) is 38.9 Å². The van der Waals surface area contributed by atoms with Crippen LogP contribution in [0.3, 0.4) is 0 Å². The molecule has 24 heavy (non-hydrogen) atoms. The first kappa shape index (κ1) is 19.2. The molecule has 2 radical (unpaired) electrons. The van der Waals surface area contributed by atoms with Crippen LogP contribution < -0.4 is 9.16 Å². The van der Waals surface area contributed by atoms with Gasteiger partial charge in [-0.2, -0.15) is 0 Å². The van der Waals surface area contributed by atoms with Gasteiger partial charge in [-0.05, 0) is 48.5 Å². The highest BCUT2D eigenvalue weighted by Crippen LogP contribution is 2.41. The molecule has 0 spiro atoms. The van der Waals surface area contributed by atoms with Gasteiger partial charge in [-0.25, -0.2) is 0 Å². The Bertz CT molecular complexity index is 692. The lowest BCUT2D eigenvalue weighted by atomic mass is 10.2. The molecular formula is C19H22Cl2O2Si. The smallest absolute Gasteiger partial charge is 0.250 e. The van der Waals surface area contributed by atoms with Gasteiger partial charge in [0.15, 0.2) is 0 Å². The van der Waals surface area contributed by atoms with Crippen molar-refractivity contribution < 1.29 is 9.16 Å². The molecule has 0 heterocycles. The first-order valence-corrected chi connectivity index (χ1v) is 11.4. The molecule has 2 rings (SSSR count). The van der Waals surface area contributed by atoms with Crippen molar-refractivity contribution in [1.29, 1.82) is 0 Å². The van der Waals surface area contributed by atoms with E-state index >= 15 is 0 Å². The monoisotopic (exact) mass is 380 g/mol. The predicted molar refractivity (Wildman–Crippen MR) is 104 cm³/mol. The molecule has 0 aromatic heterocycles. The van der Waals surface area contributed by atoms with Crippen molar-refractivity contribution in [3.8, 4) is 11.5 Å². The Morgan fingerprint density at radius 1 is 0.958 bits per heavy atom. The summed E-state index contributed by atoms with van der Waals surface area (Å²) < 4.78 is 12.0. The Kier molecular flexibility index (Phi) is 5.90. The molecule has 0 saturated heterocycles. The van der Waals surface area contributed by atoms with Gasteiger partial charge in [0, 0.05) is 10.6 Å². The predicted octanol–water partition coefficient (Wildman–Crippen LogP) is 6.84. The van der Waals surface area contributed by atoms with E-state index in [0.29, 0.717) is 27.1 Å². The molecule has 0 amide bonds. The zero-order valence-electron chi connectivity index (χ0n) is 14.6.